The predicted molar refractivity (Wildman–Crippen MR) is 56.1 cm³/mol. The topological polar surface area (TPSA) is 23.5 Å². The quantitative estimate of drug-likeness (QED) is 0.702. The fourth-order valence-electron chi connectivity index (χ4n) is 1.43. The zero-order valence-corrected chi connectivity index (χ0v) is 8.76. The van der Waals surface area contributed by atoms with Crippen LogP contribution in [0.25, 0.3) is 0 Å². The minimum atomic E-state index is 0.0589. The van der Waals surface area contributed by atoms with Gasteiger partial charge in [0.05, 0.1) is 0 Å². The van der Waals surface area contributed by atoms with Gasteiger partial charge in [-0.1, -0.05) is 6.07 Å². The molecule has 1 N–H and O–H groups in total. The van der Waals surface area contributed by atoms with Crippen molar-refractivity contribution in [1.82, 2.24) is 0 Å². The zero-order valence-electron chi connectivity index (χ0n) is 8.76. The largest absolute Gasteiger partial charge is 0.376 e. The van der Waals surface area contributed by atoms with Crippen molar-refractivity contribution in [1.29, 1.82) is 0 Å². The summed E-state index contributed by atoms with van der Waals surface area (Å²) in [6.45, 7) is 6.31. The van der Waals surface area contributed by atoms with Gasteiger partial charge in [-0.2, -0.15) is 0 Å². The van der Waals surface area contributed by atoms with Gasteiger partial charge in [-0.05, 0) is 43.5 Å². The van der Waals surface area contributed by atoms with Gasteiger partial charge in [0.25, 0.3) is 0 Å². The number of rotatable bonds is 2. The van der Waals surface area contributed by atoms with E-state index in [0.29, 0.717) is 0 Å². The molecule has 1 rings (SSSR count). The fraction of sp³-hybridized carbons (Fsp3) is 0.455. The first kappa shape index (κ1) is 10.1. The van der Waals surface area contributed by atoms with Crippen LogP contribution in [0.4, 0.5) is 5.69 Å². The van der Waals surface area contributed by atoms with E-state index in [1.165, 1.54) is 16.7 Å². The van der Waals surface area contributed by atoms with Crippen molar-refractivity contribution in [3.8, 4) is 0 Å². The lowest BCUT2D eigenvalue weighted by molar-refractivity contribution is 0.298. The molecule has 0 spiro atoms. The summed E-state index contributed by atoms with van der Waals surface area (Å²) in [6.07, 6.45) is 0. The Morgan fingerprint density at radius 3 is 2.15 bits per heavy atom. The highest BCUT2D eigenvalue weighted by Crippen LogP contribution is 2.22. The van der Waals surface area contributed by atoms with E-state index in [1.807, 2.05) is 11.9 Å². The number of nitrogens with zero attached hydrogens (tertiary/aromatic N) is 1. The zero-order chi connectivity index (χ0) is 10.0. The van der Waals surface area contributed by atoms with Gasteiger partial charge in [-0.3, -0.25) is 0 Å². The van der Waals surface area contributed by atoms with E-state index in [4.69, 9.17) is 5.11 Å². The third-order valence-corrected chi connectivity index (χ3v) is 2.44. The highest BCUT2D eigenvalue weighted by atomic mass is 16.3. The average Bonchev–Trinajstić information content (AvgIpc) is 2.10. The molecule has 0 bridgehead atoms. The second kappa shape index (κ2) is 3.79. The van der Waals surface area contributed by atoms with Crippen LogP contribution in [0.15, 0.2) is 12.1 Å². The van der Waals surface area contributed by atoms with E-state index in [0.717, 1.165) is 5.69 Å². The minimum Gasteiger partial charge on any atom is -0.376 e. The van der Waals surface area contributed by atoms with Gasteiger partial charge in [0.2, 0.25) is 0 Å². The van der Waals surface area contributed by atoms with Crippen LogP contribution in [-0.2, 0) is 0 Å². The highest BCUT2D eigenvalue weighted by molar-refractivity contribution is 5.56. The summed E-state index contributed by atoms with van der Waals surface area (Å²) < 4.78 is 0. The van der Waals surface area contributed by atoms with Gasteiger partial charge < -0.3 is 10.0 Å². The Balaban J connectivity index is 3.15. The molecule has 13 heavy (non-hydrogen) atoms. The predicted octanol–water partition coefficient (Wildman–Crippen LogP) is 2.00. The van der Waals surface area contributed by atoms with Crippen LogP contribution in [0.2, 0.25) is 0 Å². The monoisotopic (exact) mass is 179 g/mol. The van der Waals surface area contributed by atoms with E-state index >= 15 is 0 Å². The molecule has 2 heteroatoms. The van der Waals surface area contributed by atoms with Gasteiger partial charge in [0, 0.05) is 12.7 Å². The maximum atomic E-state index is 9.00. The molecule has 0 aliphatic rings. The van der Waals surface area contributed by atoms with Crippen LogP contribution < -0.4 is 4.90 Å². The Bertz CT molecular complexity index is 307. The van der Waals surface area contributed by atoms with E-state index in [-0.39, 0.29) is 6.73 Å². The molecule has 2 nitrogen and oxygen atoms in total. The van der Waals surface area contributed by atoms with Crippen molar-refractivity contribution in [2.75, 3.05) is 18.7 Å². The lowest BCUT2D eigenvalue weighted by atomic mass is 10.0. The smallest absolute Gasteiger partial charge is 0.115 e. The molecular weight excluding hydrogens is 162 g/mol. The number of aryl methyl sites for hydroxylation is 3. The number of hydrogen-bond donors (Lipinski definition) is 1. The first-order chi connectivity index (χ1) is 6.06. The van der Waals surface area contributed by atoms with Crippen molar-refractivity contribution < 1.29 is 5.11 Å². The fourth-order valence-corrected chi connectivity index (χ4v) is 1.43. The Morgan fingerprint density at radius 2 is 1.62 bits per heavy atom. The van der Waals surface area contributed by atoms with Gasteiger partial charge in [0.15, 0.2) is 0 Å². The Morgan fingerprint density at radius 1 is 1.08 bits per heavy atom. The van der Waals surface area contributed by atoms with Crippen molar-refractivity contribution in [3.63, 3.8) is 0 Å². The van der Waals surface area contributed by atoms with Crippen molar-refractivity contribution in [2.45, 2.75) is 20.8 Å². The summed E-state index contributed by atoms with van der Waals surface area (Å²) in [6, 6.07) is 4.26. The first-order valence-corrected chi connectivity index (χ1v) is 4.46. The molecule has 0 heterocycles. The second-order valence-electron chi connectivity index (χ2n) is 3.56. The van der Waals surface area contributed by atoms with Crippen molar-refractivity contribution in [3.05, 3.63) is 28.8 Å². The van der Waals surface area contributed by atoms with Gasteiger partial charge in [0.1, 0.15) is 6.73 Å². The van der Waals surface area contributed by atoms with Crippen LogP contribution in [0.3, 0.4) is 0 Å². The molecule has 1 aromatic carbocycles. The van der Waals surface area contributed by atoms with E-state index in [9.17, 15) is 0 Å². The number of anilines is 1. The first-order valence-electron chi connectivity index (χ1n) is 4.46. The standard InChI is InChI=1S/C11H17NO/c1-8-5-10(3)11(6-9(8)2)12(4)7-13/h5-6,13H,7H2,1-4H3. The summed E-state index contributed by atoms with van der Waals surface area (Å²) in [5.74, 6) is 0. The van der Waals surface area contributed by atoms with Crippen LogP contribution in [0, 0.1) is 20.8 Å². The molecule has 0 radical (unpaired) electrons. The molecule has 72 valence electrons. The molecule has 0 aliphatic carbocycles. The summed E-state index contributed by atoms with van der Waals surface area (Å²) in [5, 5.41) is 9.00. The molecule has 1 aromatic rings. The van der Waals surface area contributed by atoms with Crippen molar-refractivity contribution in [2.24, 2.45) is 0 Å². The summed E-state index contributed by atoms with van der Waals surface area (Å²) >= 11 is 0. The molecule has 0 saturated carbocycles. The van der Waals surface area contributed by atoms with Gasteiger partial charge in [-0.25, -0.2) is 0 Å². The average molecular weight is 179 g/mol. The normalized spacial score (nSPS) is 10.2. The lowest BCUT2D eigenvalue weighted by Gasteiger charge is -2.19. The number of hydrogen-bond acceptors (Lipinski definition) is 2. The molecule has 0 amide bonds. The summed E-state index contributed by atoms with van der Waals surface area (Å²) in [7, 11) is 1.89. The van der Waals surface area contributed by atoms with Crippen LogP contribution in [-0.4, -0.2) is 18.9 Å². The lowest BCUT2D eigenvalue weighted by Crippen LogP contribution is -2.19. The molecule has 0 fully saturated rings. The molecule has 0 aliphatic heterocycles. The molecule has 0 unspecified atom stereocenters. The third-order valence-electron chi connectivity index (χ3n) is 2.44. The van der Waals surface area contributed by atoms with Crippen LogP contribution in [0.1, 0.15) is 16.7 Å². The molecule has 0 saturated heterocycles. The maximum Gasteiger partial charge on any atom is 0.115 e. The summed E-state index contributed by atoms with van der Waals surface area (Å²) in [5.41, 5.74) is 4.87. The molecule has 0 aromatic heterocycles. The minimum absolute atomic E-state index is 0.0589. The van der Waals surface area contributed by atoms with Gasteiger partial charge in [-0.15, -0.1) is 0 Å². The van der Waals surface area contributed by atoms with Crippen LogP contribution >= 0.6 is 0 Å². The van der Waals surface area contributed by atoms with Crippen LogP contribution in [0.5, 0.6) is 0 Å². The van der Waals surface area contributed by atoms with E-state index in [1.54, 1.807) is 0 Å². The van der Waals surface area contributed by atoms with Gasteiger partial charge >= 0.3 is 0 Å². The molecular formula is C11H17NO. The van der Waals surface area contributed by atoms with E-state index in [2.05, 4.69) is 32.9 Å². The maximum absolute atomic E-state index is 9.00. The van der Waals surface area contributed by atoms with Crippen molar-refractivity contribution >= 4 is 5.69 Å². The third kappa shape index (κ3) is 2.01. The highest BCUT2D eigenvalue weighted by Gasteiger charge is 2.04. The SMILES string of the molecule is Cc1cc(C)c(N(C)CO)cc1C. The Kier molecular flexibility index (Phi) is 2.94. The number of aliphatic hydroxyl groups is 1. The number of benzene rings is 1. The summed E-state index contributed by atoms with van der Waals surface area (Å²) in [4.78, 5) is 1.84. The van der Waals surface area contributed by atoms with E-state index < -0.39 is 0 Å². The Hall–Kier alpha value is -1.02. The molecule has 0 atom stereocenters. The number of aliphatic hydroxyl groups excluding tert-OH is 1. The Labute approximate surface area is 79.8 Å². The second-order valence-corrected chi connectivity index (χ2v) is 3.56.